The van der Waals surface area contributed by atoms with Gasteiger partial charge in [-0.1, -0.05) is 43.0 Å². The van der Waals surface area contributed by atoms with Crippen molar-refractivity contribution in [1.29, 1.82) is 0 Å². The molecule has 5 rings (SSSR count). The van der Waals surface area contributed by atoms with E-state index in [0.29, 0.717) is 5.56 Å². The molecule has 0 bridgehead atoms. The van der Waals surface area contributed by atoms with Crippen molar-refractivity contribution in [2.75, 3.05) is 7.05 Å². The number of aromatic nitrogens is 1. The Morgan fingerprint density at radius 2 is 1.74 bits per heavy atom. The summed E-state index contributed by atoms with van der Waals surface area (Å²) < 4.78 is 14.6. The van der Waals surface area contributed by atoms with E-state index >= 15 is 0 Å². The van der Waals surface area contributed by atoms with Gasteiger partial charge in [0.15, 0.2) is 0 Å². The molecule has 1 atom stereocenters. The molecule has 2 aliphatic rings. The molecule has 5 heteroatoms. The molecule has 3 aromatic rings. The molecule has 0 saturated heterocycles. The average Bonchev–Trinajstić information content (AvgIpc) is 2.95. The maximum absolute atomic E-state index is 14.6. The maximum atomic E-state index is 14.6. The van der Waals surface area contributed by atoms with E-state index in [1.54, 1.807) is 19.2 Å². The third kappa shape index (κ3) is 3.25. The molecule has 0 saturated carbocycles. The number of rotatable bonds is 3. The van der Waals surface area contributed by atoms with Gasteiger partial charge in [0, 0.05) is 18.8 Å². The number of hydrogen-bond acceptors (Lipinski definition) is 3. The van der Waals surface area contributed by atoms with Crippen LogP contribution in [0.4, 0.5) is 4.39 Å². The Labute approximate surface area is 200 Å². The zero-order valence-corrected chi connectivity index (χ0v) is 19.8. The van der Waals surface area contributed by atoms with Crippen LogP contribution in [0.2, 0.25) is 0 Å². The zero-order valence-electron chi connectivity index (χ0n) is 19.8. The number of benzene rings is 2. The minimum absolute atomic E-state index is 0.0616. The highest BCUT2D eigenvalue weighted by molar-refractivity contribution is 5.92. The van der Waals surface area contributed by atoms with Crippen molar-refractivity contribution >= 4 is 5.91 Å². The lowest BCUT2D eigenvalue weighted by Crippen LogP contribution is -2.53. The smallest absolute Gasteiger partial charge is 0.238 e. The van der Waals surface area contributed by atoms with Gasteiger partial charge in [-0.05, 0) is 90.5 Å². The molecule has 34 heavy (non-hydrogen) atoms. The van der Waals surface area contributed by atoms with Crippen molar-refractivity contribution in [3.05, 3.63) is 101 Å². The van der Waals surface area contributed by atoms with Crippen LogP contribution in [0.1, 0.15) is 42.0 Å². The molecule has 0 aliphatic heterocycles. The van der Waals surface area contributed by atoms with Crippen LogP contribution in [0.3, 0.4) is 0 Å². The molecule has 1 spiro atoms. The first-order valence-electron chi connectivity index (χ1n) is 11.8. The molecule has 1 heterocycles. The number of hydrogen-bond donors (Lipinski definition) is 1. The zero-order chi connectivity index (χ0) is 24.1. The summed E-state index contributed by atoms with van der Waals surface area (Å²) >= 11 is 0. The van der Waals surface area contributed by atoms with Gasteiger partial charge in [-0.15, -0.1) is 0 Å². The van der Waals surface area contributed by atoms with Crippen LogP contribution in [0.5, 0.6) is 0 Å². The van der Waals surface area contributed by atoms with Gasteiger partial charge in [0.1, 0.15) is 0 Å². The number of aryl methyl sites for hydroxylation is 2. The summed E-state index contributed by atoms with van der Waals surface area (Å²) in [6.45, 7) is 5.88. The van der Waals surface area contributed by atoms with Crippen LogP contribution < -0.4 is 5.73 Å². The summed E-state index contributed by atoms with van der Waals surface area (Å²) in [5.74, 6) is -0.352. The standard InChI is InChI=1S/C29H30FN3O/c1-19(31)33(3)27(34)28(2)25-17-22(24-9-6-16-32-26(24)30)10-11-23(25)18-29(28)14-12-20-7-4-5-8-21(20)13-15-29/h4-11,16-17H,1,12-15,18,31H2,2-3H3. The maximum Gasteiger partial charge on any atom is 0.238 e. The molecule has 2 aromatic carbocycles. The number of nitrogens with two attached hydrogens (primary N) is 1. The van der Waals surface area contributed by atoms with E-state index in [1.807, 2.05) is 12.1 Å². The third-order valence-electron chi connectivity index (χ3n) is 8.34. The van der Waals surface area contributed by atoms with Crippen LogP contribution in [-0.4, -0.2) is 22.8 Å². The van der Waals surface area contributed by atoms with E-state index < -0.39 is 11.4 Å². The summed E-state index contributed by atoms with van der Waals surface area (Å²) in [5, 5.41) is 0. The van der Waals surface area contributed by atoms with Gasteiger partial charge < -0.3 is 10.6 Å². The highest BCUT2D eigenvalue weighted by Gasteiger charge is 2.59. The fourth-order valence-corrected chi connectivity index (χ4v) is 6.19. The van der Waals surface area contributed by atoms with Gasteiger partial charge in [-0.3, -0.25) is 4.79 Å². The second kappa shape index (κ2) is 8.08. The van der Waals surface area contributed by atoms with Crippen LogP contribution in [-0.2, 0) is 29.5 Å². The van der Waals surface area contributed by atoms with E-state index in [9.17, 15) is 9.18 Å². The van der Waals surface area contributed by atoms with Gasteiger partial charge in [0.25, 0.3) is 0 Å². The Hall–Kier alpha value is -3.47. The average molecular weight is 456 g/mol. The molecule has 0 fully saturated rings. The SMILES string of the molecule is C=C(N)N(C)C(=O)C1(C)c2cc(-c3cccnc3F)ccc2CC12CCc1ccccc1CC2. The van der Waals surface area contributed by atoms with Crippen molar-refractivity contribution < 1.29 is 9.18 Å². The van der Waals surface area contributed by atoms with Crippen LogP contribution in [0.15, 0.2) is 73.2 Å². The molecule has 1 aromatic heterocycles. The minimum atomic E-state index is -0.823. The number of carbonyl (C=O) groups is 1. The number of pyridine rings is 1. The lowest BCUT2D eigenvalue weighted by Gasteiger charge is -2.45. The molecule has 0 radical (unpaired) electrons. The fourth-order valence-electron chi connectivity index (χ4n) is 6.19. The van der Waals surface area contributed by atoms with Crippen molar-refractivity contribution in [2.45, 2.75) is 44.4 Å². The topological polar surface area (TPSA) is 59.2 Å². The third-order valence-corrected chi connectivity index (χ3v) is 8.34. The van der Waals surface area contributed by atoms with E-state index in [1.165, 1.54) is 22.2 Å². The van der Waals surface area contributed by atoms with Crippen molar-refractivity contribution in [3.8, 4) is 11.1 Å². The van der Waals surface area contributed by atoms with Crippen LogP contribution >= 0.6 is 0 Å². The summed E-state index contributed by atoms with van der Waals surface area (Å²) in [4.78, 5) is 19.4. The van der Waals surface area contributed by atoms with E-state index in [0.717, 1.165) is 48.8 Å². The Morgan fingerprint density at radius 3 is 2.35 bits per heavy atom. The summed E-state index contributed by atoms with van der Waals surface area (Å²) in [6, 6.07) is 18.0. The molecule has 4 nitrogen and oxygen atoms in total. The molecule has 1 amide bonds. The van der Waals surface area contributed by atoms with E-state index in [4.69, 9.17) is 5.73 Å². The molecule has 2 N–H and O–H groups in total. The lowest BCUT2D eigenvalue weighted by molar-refractivity contribution is -0.139. The Balaban J connectivity index is 1.66. The van der Waals surface area contributed by atoms with Crippen molar-refractivity contribution in [2.24, 2.45) is 11.1 Å². The monoisotopic (exact) mass is 455 g/mol. The molecular formula is C29H30FN3O. The number of amides is 1. The predicted octanol–water partition coefficient (Wildman–Crippen LogP) is 5.16. The first kappa shape index (κ1) is 22.3. The van der Waals surface area contributed by atoms with Crippen molar-refractivity contribution in [3.63, 3.8) is 0 Å². The number of carbonyl (C=O) groups excluding carboxylic acids is 1. The van der Waals surface area contributed by atoms with E-state index in [-0.39, 0.29) is 17.1 Å². The highest BCUT2D eigenvalue weighted by Crippen LogP contribution is 2.59. The molecule has 174 valence electrons. The summed E-state index contributed by atoms with van der Waals surface area (Å²) in [5.41, 5.74) is 10.9. The summed E-state index contributed by atoms with van der Waals surface area (Å²) in [7, 11) is 1.69. The summed E-state index contributed by atoms with van der Waals surface area (Å²) in [6.07, 6.45) is 5.87. The molecule has 2 aliphatic carbocycles. The van der Waals surface area contributed by atoms with E-state index in [2.05, 4.69) is 48.8 Å². The first-order valence-corrected chi connectivity index (χ1v) is 11.8. The normalized spacial score (nSPS) is 20.3. The van der Waals surface area contributed by atoms with Gasteiger partial charge in [0.05, 0.1) is 11.2 Å². The van der Waals surface area contributed by atoms with Gasteiger partial charge >= 0.3 is 0 Å². The second-order valence-corrected chi connectivity index (χ2v) is 9.92. The van der Waals surface area contributed by atoms with Gasteiger partial charge in [-0.2, -0.15) is 4.39 Å². The lowest BCUT2D eigenvalue weighted by atomic mass is 9.60. The minimum Gasteiger partial charge on any atom is -0.386 e. The fraction of sp³-hybridized carbons (Fsp3) is 0.310. The van der Waals surface area contributed by atoms with Crippen molar-refractivity contribution in [1.82, 2.24) is 9.88 Å². The number of likely N-dealkylation sites (N-methyl/N-ethyl adjacent to an activating group) is 1. The Kier molecular flexibility index (Phi) is 5.31. The quantitative estimate of drug-likeness (QED) is 0.556. The van der Waals surface area contributed by atoms with Gasteiger partial charge in [-0.25, -0.2) is 4.98 Å². The van der Waals surface area contributed by atoms with Crippen LogP contribution in [0, 0.1) is 11.4 Å². The highest BCUT2D eigenvalue weighted by atomic mass is 19.1. The van der Waals surface area contributed by atoms with Crippen LogP contribution in [0.25, 0.3) is 11.1 Å². The first-order chi connectivity index (χ1) is 16.3. The number of fused-ring (bicyclic) bond motifs is 2. The molecule has 1 unspecified atom stereocenters. The Morgan fingerprint density at radius 1 is 1.06 bits per heavy atom. The number of nitrogens with zero attached hydrogens (tertiary/aromatic N) is 2. The molecular weight excluding hydrogens is 425 g/mol. The second-order valence-electron chi connectivity index (χ2n) is 9.92. The number of halogens is 1. The van der Waals surface area contributed by atoms with Gasteiger partial charge in [0.2, 0.25) is 11.9 Å². The predicted molar refractivity (Wildman–Crippen MR) is 132 cm³/mol. The Bertz CT molecular complexity index is 1270. The largest absolute Gasteiger partial charge is 0.386 e.